The standard InChI is InChI=1S/C12H13N3O2/c1-15(2)12-13-8-7-11(14-12)17-10-5-3-9(16)4-6-10/h3-8,16H,1-2H3. The van der Waals surface area contributed by atoms with Gasteiger partial charge in [-0.15, -0.1) is 0 Å². The Labute approximate surface area is 99.3 Å². The molecule has 2 aromatic rings. The first-order valence-corrected chi connectivity index (χ1v) is 5.12. The number of aromatic nitrogens is 2. The maximum Gasteiger partial charge on any atom is 0.228 e. The number of nitrogens with zero attached hydrogens (tertiary/aromatic N) is 3. The summed E-state index contributed by atoms with van der Waals surface area (Å²) in [7, 11) is 3.72. The summed E-state index contributed by atoms with van der Waals surface area (Å²) in [4.78, 5) is 10.1. The molecule has 0 amide bonds. The molecule has 0 fully saturated rings. The predicted molar refractivity (Wildman–Crippen MR) is 64.5 cm³/mol. The van der Waals surface area contributed by atoms with Crippen molar-refractivity contribution in [1.82, 2.24) is 9.97 Å². The Bertz CT molecular complexity index is 497. The van der Waals surface area contributed by atoms with E-state index < -0.39 is 0 Å². The van der Waals surface area contributed by atoms with E-state index >= 15 is 0 Å². The van der Waals surface area contributed by atoms with Gasteiger partial charge in [-0.1, -0.05) is 0 Å². The van der Waals surface area contributed by atoms with Crippen molar-refractivity contribution in [3.63, 3.8) is 0 Å². The van der Waals surface area contributed by atoms with Crippen molar-refractivity contribution >= 4 is 5.95 Å². The molecule has 0 atom stereocenters. The monoisotopic (exact) mass is 231 g/mol. The third kappa shape index (κ3) is 2.84. The van der Waals surface area contributed by atoms with Crippen LogP contribution in [0.4, 0.5) is 5.95 Å². The molecular weight excluding hydrogens is 218 g/mol. The Morgan fingerprint density at radius 2 is 1.82 bits per heavy atom. The molecule has 1 aromatic carbocycles. The summed E-state index contributed by atoms with van der Waals surface area (Å²) in [5, 5.41) is 9.15. The number of anilines is 1. The highest BCUT2D eigenvalue weighted by Crippen LogP contribution is 2.22. The number of hydrogen-bond donors (Lipinski definition) is 1. The van der Waals surface area contributed by atoms with E-state index in [4.69, 9.17) is 9.84 Å². The molecule has 0 aliphatic rings. The van der Waals surface area contributed by atoms with Gasteiger partial charge in [0.2, 0.25) is 11.8 Å². The summed E-state index contributed by atoms with van der Waals surface area (Å²) < 4.78 is 5.54. The van der Waals surface area contributed by atoms with E-state index in [2.05, 4.69) is 9.97 Å². The minimum atomic E-state index is 0.203. The van der Waals surface area contributed by atoms with Gasteiger partial charge in [0.15, 0.2) is 0 Å². The van der Waals surface area contributed by atoms with Gasteiger partial charge in [-0.05, 0) is 24.3 Å². The van der Waals surface area contributed by atoms with E-state index in [-0.39, 0.29) is 5.75 Å². The minimum Gasteiger partial charge on any atom is -0.508 e. The van der Waals surface area contributed by atoms with Gasteiger partial charge < -0.3 is 14.7 Å². The highest BCUT2D eigenvalue weighted by atomic mass is 16.5. The highest BCUT2D eigenvalue weighted by Gasteiger charge is 2.03. The van der Waals surface area contributed by atoms with Crippen LogP contribution in [0.25, 0.3) is 0 Å². The molecule has 88 valence electrons. The second-order valence-electron chi connectivity index (χ2n) is 3.69. The van der Waals surface area contributed by atoms with Crippen LogP contribution in [-0.2, 0) is 0 Å². The van der Waals surface area contributed by atoms with Crippen molar-refractivity contribution in [3.05, 3.63) is 36.5 Å². The first-order valence-electron chi connectivity index (χ1n) is 5.12. The molecule has 0 radical (unpaired) electrons. The first kappa shape index (κ1) is 11.2. The number of phenolic OH excluding ortho intramolecular Hbond substituents is 1. The highest BCUT2D eigenvalue weighted by molar-refractivity contribution is 5.34. The lowest BCUT2D eigenvalue weighted by molar-refractivity contribution is 0.453. The van der Waals surface area contributed by atoms with Crippen LogP contribution in [0.2, 0.25) is 0 Å². The van der Waals surface area contributed by atoms with E-state index in [0.29, 0.717) is 17.6 Å². The van der Waals surface area contributed by atoms with Crippen molar-refractivity contribution < 1.29 is 9.84 Å². The number of benzene rings is 1. The fraction of sp³-hybridized carbons (Fsp3) is 0.167. The molecule has 0 unspecified atom stereocenters. The molecule has 0 bridgehead atoms. The van der Waals surface area contributed by atoms with Gasteiger partial charge in [-0.2, -0.15) is 4.98 Å². The summed E-state index contributed by atoms with van der Waals surface area (Å²) in [5.74, 6) is 1.87. The molecule has 1 heterocycles. The Morgan fingerprint density at radius 1 is 1.12 bits per heavy atom. The van der Waals surface area contributed by atoms with Gasteiger partial charge in [0.1, 0.15) is 11.5 Å². The molecule has 5 nitrogen and oxygen atoms in total. The normalized spacial score (nSPS) is 10.0. The van der Waals surface area contributed by atoms with E-state index in [1.54, 1.807) is 41.4 Å². The van der Waals surface area contributed by atoms with E-state index in [0.717, 1.165) is 0 Å². The fourth-order valence-corrected chi connectivity index (χ4v) is 1.24. The van der Waals surface area contributed by atoms with Crippen LogP contribution in [0.3, 0.4) is 0 Å². The second kappa shape index (κ2) is 4.69. The molecule has 0 saturated carbocycles. The number of ether oxygens (including phenoxy) is 1. The molecular formula is C12H13N3O2. The Hall–Kier alpha value is -2.30. The molecule has 5 heteroatoms. The largest absolute Gasteiger partial charge is 0.508 e. The number of rotatable bonds is 3. The van der Waals surface area contributed by atoms with Crippen molar-refractivity contribution in [3.8, 4) is 17.4 Å². The average molecular weight is 231 g/mol. The van der Waals surface area contributed by atoms with Gasteiger partial charge in [0.25, 0.3) is 0 Å². The van der Waals surface area contributed by atoms with Gasteiger partial charge in [-0.25, -0.2) is 4.98 Å². The van der Waals surface area contributed by atoms with Crippen molar-refractivity contribution in [2.75, 3.05) is 19.0 Å². The minimum absolute atomic E-state index is 0.203. The van der Waals surface area contributed by atoms with Gasteiger partial charge in [-0.3, -0.25) is 0 Å². The molecule has 0 saturated heterocycles. The molecule has 0 spiro atoms. The fourth-order valence-electron chi connectivity index (χ4n) is 1.24. The Morgan fingerprint density at radius 3 is 2.47 bits per heavy atom. The number of aromatic hydroxyl groups is 1. The summed E-state index contributed by atoms with van der Waals surface area (Å²) in [5.41, 5.74) is 0. The zero-order valence-corrected chi connectivity index (χ0v) is 9.66. The average Bonchev–Trinajstić information content (AvgIpc) is 2.32. The first-order chi connectivity index (χ1) is 8.15. The summed E-state index contributed by atoms with van der Waals surface area (Å²) in [6.45, 7) is 0. The van der Waals surface area contributed by atoms with Crippen LogP contribution in [0.5, 0.6) is 17.4 Å². The number of hydrogen-bond acceptors (Lipinski definition) is 5. The quantitative estimate of drug-likeness (QED) is 0.876. The van der Waals surface area contributed by atoms with Crippen LogP contribution in [0, 0.1) is 0 Å². The Balaban J connectivity index is 2.18. The van der Waals surface area contributed by atoms with Crippen molar-refractivity contribution in [1.29, 1.82) is 0 Å². The van der Waals surface area contributed by atoms with Crippen LogP contribution in [0.1, 0.15) is 0 Å². The van der Waals surface area contributed by atoms with E-state index in [9.17, 15) is 0 Å². The lowest BCUT2D eigenvalue weighted by Crippen LogP contribution is -2.12. The van der Waals surface area contributed by atoms with Crippen LogP contribution in [0.15, 0.2) is 36.5 Å². The van der Waals surface area contributed by atoms with Gasteiger partial charge in [0.05, 0.1) is 0 Å². The molecule has 17 heavy (non-hydrogen) atoms. The molecule has 1 aromatic heterocycles. The lowest BCUT2D eigenvalue weighted by atomic mass is 10.3. The molecule has 1 N–H and O–H groups in total. The Kier molecular flexibility index (Phi) is 3.09. The zero-order valence-electron chi connectivity index (χ0n) is 9.66. The SMILES string of the molecule is CN(C)c1nccc(Oc2ccc(O)cc2)n1. The maximum atomic E-state index is 9.15. The third-order valence-corrected chi connectivity index (χ3v) is 2.08. The van der Waals surface area contributed by atoms with E-state index in [1.165, 1.54) is 0 Å². The third-order valence-electron chi connectivity index (χ3n) is 2.08. The van der Waals surface area contributed by atoms with Gasteiger partial charge >= 0.3 is 0 Å². The van der Waals surface area contributed by atoms with Crippen molar-refractivity contribution in [2.45, 2.75) is 0 Å². The van der Waals surface area contributed by atoms with Crippen LogP contribution in [-0.4, -0.2) is 29.2 Å². The number of phenols is 1. The predicted octanol–water partition coefficient (Wildman–Crippen LogP) is 2.04. The summed E-state index contributed by atoms with van der Waals surface area (Å²) >= 11 is 0. The lowest BCUT2D eigenvalue weighted by Gasteiger charge is -2.11. The van der Waals surface area contributed by atoms with E-state index in [1.807, 2.05) is 14.1 Å². The van der Waals surface area contributed by atoms with Crippen LogP contribution < -0.4 is 9.64 Å². The van der Waals surface area contributed by atoms with Crippen LogP contribution >= 0.6 is 0 Å². The van der Waals surface area contributed by atoms with Gasteiger partial charge in [0, 0.05) is 26.4 Å². The summed E-state index contributed by atoms with van der Waals surface area (Å²) in [6, 6.07) is 8.15. The molecule has 0 aliphatic heterocycles. The molecule has 0 aliphatic carbocycles. The topological polar surface area (TPSA) is 58.5 Å². The zero-order chi connectivity index (χ0) is 12.3. The van der Waals surface area contributed by atoms with Crippen molar-refractivity contribution in [2.24, 2.45) is 0 Å². The smallest absolute Gasteiger partial charge is 0.228 e. The summed E-state index contributed by atoms with van der Waals surface area (Å²) in [6.07, 6.45) is 1.64. The second-order valence-corrected chi connectivity index (χ2v) is 3.69. The molecule has 2 rings (SSSR count). The maximum absolute atomic E-state index is 9.15.